The summed E-state index contributed by atoms with van der Waals surface area (Å²) < 4.78 is 2.11. The molecule has 3 N–H and O–H groups in total. The Kier molecular flexibility index (Phi) is 5.22. The van der Waals surface area contributed by atoms with Crippen molar-refractivity contribution in [2.75, 3.05) is 0 Å². The molecule has 0 fully saturated rings. The quantitative estimate of drug-likeness (QED) is 0.453. The summed E-state index contributed by atoms with van der Waals surface area (Å²) in [4.78, 5) is 11.7. The third-order valence-electron chi connectivity index (χ3n) is 3.18. The molecule has 0 bridgehead atoms. The highest BCUT2D eigenvalue weighted by atomic mass is 16.2. The maximum atomic E-state index is 11.7. The number of nitrogen functional groups attached to an aromatic ring is 1. The Balaban J connectivity index is 3.05. The van der Waals surface area contributed by atoms with Gasteiger partial charge in [0.25, 0.3) is 5.91 Å². The number of hydrogen-bond acceptors (Lipinski definition) is 2. The van der Waals surface area contributed by atoms with E-state index >= 15 is 0 Å². The smallest absolute Gasteiger partial charge is 0.281 e. The molecule has 1 amide bonds. The summed E-state index contributed by atoms with van der Waals surface area (Å²) in [6.45, 7) is 6.42. The van der Waals surface area contributed by atoms with Gasteiger partial charge < -0.3 is 4.57 Å². The van der Waals surface area contributed by atoms with Crippen LogP contribution < -0.4 is 11.3 Å². The fraction of sp³-hybridized carbons (Fsp3) is 0.615. The minimum absolute atomic E-state index is 0.215. The van der Waals surface area contributed by atoms with Gasteiger partial charge in [-0.1, -0.05) is 20.3 Å². The molecule has 0 radical (unpaired) electrons. The van der Waals surface area contributed by atoms with Gasteiger partial charge in [-0.15, -0.1) is 0 Å². The number of unbranched alkanes of at least 4 members (excludes halogenated alkanes) is 1. The highest BCUT2D eigenvalue weighted by Gasteiger charge is 2.17. The monoisotopic (exact) mass is 237 g/mol. The molecule has 0 aliphatic carbocycles. The Morgan fingerprint density at radius 1 is 1.47 bits per heavy atom. The Labute approximate surface area is 103 Å². The van der Waals surface area contributed by atoms with E-state index in [0.717, 1.165) is 25.7 Å². The molecule has 1 unspecified atom stereocenters. The van der Waals surface area contributed by atoms with E-state index in [1.807, 2.05) is 12.1 Å². The first-order valence-electron chi connectivity index (χ1n) is 6.36. The summed E-state index contributed by atoms with van der Waals surface area (Å²) in [6, 6.07) is 4.22. The van der Waals surface area contributed by atoms with E-state index < -0.39 is 0 Å². The van der Waals surface area contributed by atoms with Gasteiger partial charge in [0, 0.05) is 11.7 Å². The minimum atomic E-state index is -0.215. The van der Waals surface area contributed by atoms with Gasteiger partial charge in [-0.2, -0.15) is 0 Å². The standard InChI is InChI=1S/C13H23N3O/c1-4-6-7-11-8-9-12(13(17)15-14)16(11)10(3)5-2/h8-10H,4-7,14H2,1-3H3,(H,15,17). The lowest BCUT2D eigenvalue weighted by molar-refractivity contribution is 0.0942. The summed E-state index contributed by atoms with van der Waals surface area (Å²) >= 11 is 0. The number of nitrogens with zero attached hydrogens (tertiary/aromatic N) is 1. The van der Waals surface area contributed by atoms with E-state index in [1.54, 1.807) is 0 Å². The molecule has 1 heterocycles. The SMILES string of the molecule is CCCCc1ccc(C(=O)NN)n1C(C)CC. The van der Waals surface area contributed by atoms with E-state index in [-0.39, 0.29) is 5.91 Å². The number of aryl methyl sites for hydroxylation is 1. The highest BCUT2D eigenvalue weighted by Crippen LogP contribution is 2.20. The normalized spacial score (nSPS) is 12.5. The molecule has 1 aromatic rings. The number of hydrazine groups is 1. The third-order valence-corrected chi connectivity index (χ3v) is 3.18. The van der Waals surface area contributed by atoms with Gasteiger partial charge in [0.1, 0.15) is 5.69 Å². The van der Waals surface area contributed by atoms with Crippen molar-refractivity contribution in [1.82, 2.24) is 9.99 Å². The largest absolute Gasteiger partial charge is 0.338 e. The molecule has 4 heteroatoms. The van der Waals surface area contributed by atoms with Crippen LogP contribution in [0.25, 0.3) is 0 Å². The lowest BCUT2D eigenvalue weighted by atomic mass is 10.2. The fourth-order valence-electron chi connectivity index (χ4n) is 2.01. The maximum absolute atomic E-state index is 11.7. The summed E-state index contributed by atoms with van der Waals surface area (Å²) in [5.41, 5.74) is 4.09. The number of hydrogen-bond donors (Lipinski definition) is 2. The lowest BCUT2D eigenvalue weighted by Gasteiger charge is -2.18. The highest BCUT2D eigenvalue weighted by molar-refractivity contribution is 5.92. The lowest BCUT2D eigenvalue weighted by Crippen LogP contribution is -2.32. The molecule has 1 aromatic heterocycles. The molecule has 0 saturated carbocycles. The topological polar surface area (TPSA) is 60.1 Å². The van der Waals surface area contributed by atoms with Crippen LogP contribution in [0.4, 0.5) is 0 Å². The molecule has 4 nitrogen and oxygen atoms in total. The van der Waals surface area contributed by atoms with Crippen molar-refractivity contribution in [2.24, 2.45) is 5.84 Å². The number of nitrogens with two attached hydrogens (primary N) is 1. The number of carbonyl (C=O) groups excluding carboxylic acids is 1. The van der Waals surface area contributed by atoms with E-state index in [2.05, 4.69) is 30.8 Å². The van der Waals surface area contributed by atoms with Crippen molar-refractivity contribution < 1.29 is 4.79 Å². The first kappa shape index (κ1) is 13.8. The minimum Gasteiger partial charge on any atom is -0.338 e. The van der Waals surface area contributed by atoms with E-state index in [9.17, 15) is 4.79 Å². The third kappa shape index (κ3) is 3.09. The van der Waals surface area contributed by atoms with Crippen molar-refractivity contribution in [3.8, 4) is 0 Å². The number of aromatic nitrogens is 1. The van der Waals surface area contributed by atoms with Crippen LogP contribution >= 0.6 is 0 Å². The molecule has 0 saturated heterocycles. The van der Waals surface area contributed by atoms with Gasteiger partial charge in [-0.05, 0) is 38.3 Å². The van der Waals surface area contributed by atoms with Crippen LogP contribution in [0.1, 0.15) is 62.3 Å². The van der Waals surface area contributed by atoms with Gasteiger partial charge in [-0.3, -0.25) is 10.2 Å². The molecule has 1 atom stereocenters. The Bertz CT molecular complexity index is 371. The van der Waals surface area contributed by atoms with Crippen molar-refractivity contribution in [3.05, 3.63) is 23.5 Å². The van der Waals surface area contributed by atoms with Crippen molar-refractivity contribution in [2.45, 2.75) is 52.5 Å². The molecule has 0 spiro atoms. The van der Waals surface area contributed by atoms with Crippen LogP contribution in [0.5, 0.6) is 0 Å². The summed E-state index contributed by atoms with van der Waals surface area (Å²) in [5, 5.41) is 0. The molecule has 96 valence electrons. The Morgan fingerprint density at radius 3 is 2.71 bits per heavy atom. The average Bonchev–Trinajstić information content (AvgIpc) is 2.78. The summed E-state index contributed by atoms with van der Waals surface area (Å²) in [7, 11) is 0. The van der Waals surface area contributed by atoms with Gasteiger partial charge in [0.15, 0.2) is 0 Å². The van der Waals surface area contributed by atoms with E-state index in [4.69, 9.17) is 5.84 Å². The van der Waals surface area contributed by atoms with Gasteiger partial charge in [0.05, 0.1) is 0 Å². The zero-order valence-corrected chi connectivity index (χ0v) is 11.0. The number of nitrogens with one attached hydrogen (secondary N) is 1. The van der Waals surface area contributed by atoms with Gasteiger partial charge in [0.2, 0.25) is 0 Å². The first-order valence-corrected chi connectivity index (χ1v) is 6.36. The molecule has 1 rings (SSSR count). The van der Waals surface area contributed by atoms with E-state index in [1.165, 1.54) is 5.69 Å². The predicted octanol–water partition coefficient (Wildman–Crippen LogP) is 2.41. The number of amides is 1. The first-order chi connectivity index (χ1) is 8.15. The Hall–Kier alpha value is -1.29. The molecule has 0 aromatic carbocycles. The van der Waals surface area contributed by atoms with E-state index in [0.29, 0.717) is 11.7 Å². The summed E-state index contributed by atoms with van der Waals surface area (Å²) in [6.07, 6.45) is 4.31. The molecule has 0 aliphatic rings. The van der Waals surface area contributed by atoms with Crippen molar-refractivity contribution in [1.29, 1.82) is 0 Å². The van der Waals surface area contributed by atoms with Crippen LogP contribution in [0, 0.1) is 0 Å². The predicted molar refractivity (Wildman–Crippen MR) is 69.7 cm³/mol. The average molecular weight is 237 g/mol. The second kappa shape index (κ2) is 6.45. The summed E-state index contributed by atoms with van der Waals surface area (Å²) in [5.74, 6) is 5.00. The zero-order chi connectivity index (χ0) is 12.8. The van der Waals surface area contributed by atoms with Gasteiger partial charge >= 0.3 is 0 Å². The van der Waals surface area contributed by atoms with Gasteiger partial charge in [-0.25, -0.2) is 5.84 Å². The fourth-order valence-corrected chi connectivity index (χ4v) is 2.01. The van der Waals surface area contributed by atoms with Crippen LogP contribution in [0.2, 0.25) is 0 Å². The van der Waals surface area contributed by atoms with Crippen LogP contribution in [-0.2, 0) is 6.42 Å². The number of carbonyl (C=O) groups is 1. The number of rotatable bonds is 6. The molecular formula is C13H23N3O. The molecule has 0 aliphatic heterocycles. The second-order valence-electron chi connectivity index (χ2n) is 4.41. The Morgan fingerprint density at radius 2 is 2.18 bits per heavy atom. The molecular weight excluding hydrogens is 214 g/mol. The van der Waals surface area contributed by atoms with Crippen LogP contribution in [-0.4, -0.2) is 10.5 Å². The van der Waals surface area contributed by atoms with Crippen molar-refractivity contribution >= 4 is 5.91 Å². The van der Waals surface area contributed by atoms with Crippen molar-refractivity contribution in [3.63, 3.8) is 0 Å². The van der Waals surface area contributed by atoms with Crippen LogP contribution in [0.3, 0.4) is 0 Å². The van der Waals surface area contributed by atoms with Crippen LogP contribution in [0.15, 0.2) is 12.1 Å². The zero-order valence-electron chi connectivity index (χ0n) is 11.0. The second-order valence-corrected chi connectivity index (χ2v) is 4.41. The maximum Gasteiger partial charge on any atom is 0.281 e. The molecule has 17 heavy (non-hydrogen) atoms.